The van der Waals surface area contributed by atoms with Crippen LogP contribution in [0.4, 0.5) is 5.82 Å². The van der Waals surface area contributed by atoms with Crippen molar-refractivity contribution in [2.24, 2.45) is 0 Å². The van der Waals surface area contributed by atoms with Crippen molar-refractivity contribution in [3.63, 3.8) is 0 Å². The lowest BCUT2D eigenvalue weighted by molar-refractivity contribution is 0.769. The van der Waals surface area contributed by atoms with Gasteiger partial charge >= 0.3 is 0 Å². The molecule has 0 aliphatic heterocycles. The molecule has 20 heavy (non-hydrogen) atoms. The molecule has 106 valence electrons. The summed E-state index contributed by atoms with van der Waals surface area (Å²) in [5, 5.41) is 3.80. The van der Waals surface area contributed by atoms with Crippen molar-refractivity contribution < 1.29 is 0 Å². The lowest BCUT2D eigenvalue weighted by Crippen LogP contribution is -2.23. The topological polar surface area (TPSA) is 28.2 Å². The molecule has 1 N–H and O–H groups in total. The Labute approximate surface area is 125 Å². The van der Waals surface area contributed by atoms with Crippen molar-refractivity contribution in [1.29, 1.82) is 0 Å². The third kappa shape index (κ3) is 3.71. The highest BCUT2D eigenvalue weighted by Gasteiger charge is 2.09. The number of rotatable bonds is 6. The van der Waals surface area contributed by atoms with Crippen LogP contribution in [0.2, 0.25) is 5.02 Å². The monoisotopic (exact) mass is 289 g/mol. The minimum atomic E-state index is 0.676. The van der Waals surface area contributed by atoms with Crippen LogP contribution in [-0.2, 0) is 13.1 Å². The van der Waals surface area contributed by atoms with E-state index in [0.717, 1.165) is 24.6 Å². The predicted molar refractivity (Wildman–Crippen MR) is 85.2 cm³/mol. The molecule has 0 radical (unpaired) electrons. The van der Waals surface area contributed by atoms with Crippen molar-refractivity contribution in [3.05, 3.63) is 58.7 Å². The Balaban J connectivity index is 2.21. The Morgan fingerprint density at radius 1 is 1.15 bits per heavy atom. The lowest BCUT2D eigenvalue weighted by atomic mass is 10.2. The van der Waals surface area contributed by atoms with Crippen LogP contribution in [0.15, 0.2) is 42.5 Å². The van der Waals surface area contributed by atoms with E-state index in [1.165, 1.54) is 5.56 Å². The van der Waals surface area contributed by atoms with Gasteiger partial charge in [0.25, 0.3) is 0 Å². The minimum Gasteiger partial charge on any atom is -0.353 e. The third-order valence-corrected chi connectivity index (χ3v) is 3.51. The Hall–Kier alpha value is -1.58. The molecule has 0 amide bonds. The molecular weight excluding hydrogens is 270 g/mol. The highest BCUT2D eigenvalue weighted by Crippen LogP contribution is 2.20. The zero-order valence-corrected chi connectivity index (χ0v) is 12.7. The Kier molecular flexibility index (Phi) is 5.39. The van der Waals surface area contributed by atoms with Gasteiger partial charge in [0.2, 0.25) is 0 Å². The number of anilines is 1. The highest BCUT2D eigenvalue weighted by atomic mass is 35.5. The van der Waals surface area contributed by atoms with Crippen LogP contribution >= 0.6 is 11.6 Å². The van der Waals surface area contributed by atoms with E-state index in [9.17, 15) is 0 Å². The van der Waals surface area contributed by atoms with Gasteiger partial charge in [-0.05, 0) is 31.7 Å². The molecular formula is C16H20ClN3. The lowest BCUT2D eigenvalue weighted by Gasteiger charge is -2.23. The van der Waals surface area contributed by atoms with E-state index in [1.807, 2.05) is 25.2 Å². The smallest absolute Gasteiger partial charge is 0.129 e. The van der Waals surface area contributed by atoms with Gasteiger partial charge in [0, 0.05) is 19.6 Å². The van der Waals surface area contributed by atoms with Crippen LogP contribution in [0, 0.1) is 0 Å². The average molecular weight is 290 g/mol. The van der Waals surface area contributed by atoms with E-state index in [-0.39, 0.29) is 0 Å². The second kappa shape index (κ2) is 7.27. The molecule has 1 aromatic carbocycles. The van der Waals surface area contributed by atoms with Crippen LogP contribution in [-0.4, -0.2) is 18.6 Å². The number of aromatic nitrogens is 1. The summed E-state index contributed by atoms with van der Waals surface area (Å²) in [6, 6.07) is 14.3. The van der Waals surface area contributed by atoms with Crippen LogP contribution in [0.3, 0.4) is 0 Å². The van der Waals surface area contributed by atoms with Crippen molar-refractivity contribution >= 4 is 17.4 Å². The van der Waals surface area contributed by atoms with Crippen molar-refractivity contribution in [2.45, 2.75) is 20.0 Å². The zero-order chi connectivity index (χ0) is 14.4. The average Bonchev–Trinajstić information content (AvgIpc) is 2.48. The summed E-state index contributed by atoms with van der Waals surface area (Å²) in [4.78, 5) is 6.90. The van der Waals surface area contributed by atoms with E-state index in [2.05, 4.69) is 46.4 Å². The predicted octanol–water partition coefficient (Wildman–Crippen LogP) is 3.48. The third-order valence-electron chi connectivity index (χ3n) is 3.17. The SMILES string of the molecule is CCN(Cc1ccccc1)c1ccc(Cl)c(CNC)n1. The molecule has 1 heterocycles. The number of halogens is 1. The van der Waals surface area contributed by atoms with Crippen LogP contribution in [0.5, 0.6) is 0 Å². The number of hydrogen-bond acceptors (Lipinski definition) is 3. The maximum atomic E-state index is 6.16. The fourth-order valence-electron chi connectivity index (χ4n) is 2.10. The summed E-state index contributed by atoms with van der Waals surface area (Å²) in [5.41, 5.74) is 2.17. The minimum absolute atomic E-state index is 0.676. The fraction of sp³-hybridized carbons (Fsp3) is 0.312. The highest BCUT2D eigenvalue weighted by molar-refractivity contribution is 6.31. The van der Waals surface area contributed by atoms with Gasteiger partial charge in [-0.3, -0.25) is 0 Å². The van der Waals surface area contributed by atoms with E-state index in [4.69, 9.17) is 11.6 Å². The molecule has 0 fully saturated rings. The number of hydrogen-bond donors (Lipinski definition) is 1. The van der Waals surface area contributed by atoms with Crippen LogP contribution < -0.4 is 10.2 Å². The van der Waals surface area contributed by atoms with Gasteiger partial charge in [-0.2, -0.15) is 0 Å². The number of pyridine rings is 1. The van der Waals surface area contributed by atoms with E-state index in [1.54, 1.807) is 0 Å². The summed E-state index contributed by atoms with van der Waals surface area (Å²) in [6.45, 7) is 4.57. The van der Waals surface area contributed by atoms with Crippen molar-refractivity contribution in [1.82, 2.24) is 10.3 Å². The number of nitrogens with zero attached hydrogens (tertiary/aromatic N) is 2. The summed E-state index contributed by atoms with van der Waals surface area (Å²) in [6.07, 6.45) is 0. The largest absolute Gasteiger partial charge is 0.353 e. The van der Waals surface area contributed by atoms with Crippen LogP contribution in [0.25, 0.3) is 0 Å². The first-order chi connectivity index (χ1) is 9.74. The van der Waals surface area contributed by atoms with E-state index in [0.29, 0.717) is 11.6 Å². The summed E-state index contributed by atoms with van der Waals surface area (Å²) < 4.78 is 0. The molecule has 0 unspecified atom stereocenters. The molecule has 2 rings (SSSR count). The van der Waals surface area contributed by atoms with Gasteiger partial charge in [-0.15, -0.1) is 0 Å². The first-order valence-corrected chi connectivity index (χ1v) is 7.21. The maximum Gasteiger partial charge on any atom is 0.129 e. The number of benzene rings is 1. The molecule has 4 heteroatoms. The summed E-state index contributed by atoms with van der Waals surface area (Å²) >= 11 is 6.16. The van der Waals surface area contributed by atoms with Gasteiger partial charge in [0.1, 0.15) is 5.82 Å². The molecule has 0 saturated carbocycles. The van der Waals surface area contributed by atoms with Gasteiger partial charge < -0.3 is 10.2 Å². The Morgan fingerprint density at radius 2 is 1.90 bits per heavy atom. The molecule has 1 aromatic heterocycles. The molecule has 0 atom stereocenters. The van der Waals surface area contributed by atoms with Gasteiger partial charge in [0.05, 0.1) is 10.7 Å². The maximum absolute atomic E-state index is 6.16. The van der Waals surface area contributed by atoms with E-state index >= 15 is 0 Å². The summed E-state index contributed by atoms with van der Waals surface area (Å²) in [7, 11) is 1.90. The normalized spacial score (nSPS) is 10.6. The van der Waals surface area contributed by atoms with Gasteiger partial charge in [-0.25, -0.2) is 4.98 Å². The van der Waals surface area contributed by atoms with Gasteiger partial charge in [0.15, 0.2) is 0 Å². The Bertz CT molecular complexity index is 543. The second-order valence-corrected chi connectivity index (χ2v) is 5.04. The zero-order valence-electron chi connectivity index (χ0n) is 11.9. The molecule has 2 aromatic rings. The number of nitrogens with one attached hydrogen (secondary N) is 1. The second-order valence-electron chi connectivity index (χ2n) is 4.63. The molecule has 0 spiro atoms. The first-order valence-electron chi connectivity index (χ1n) is 6.83. The quantitative estimate of drug-likeness (QED) is 0.882. The fourth-order valence-corrected chi connectivity index (χ4v) is 2.27. The molecule has 0 bridgehead atoms. The standard InChI is InChI=1S/C16H20ClN3/c1-3-20(12-13-7-5-4-6-8-13)16-10-9-14(17)15(19-16)11-18-2/h4-10,18H,3,11-12H2,1-2H3. The molecule has 0 aliphatic rings. The molecule has 0 aliphatic carbocycles. The summed E-state index contributed by atoms with van der Waals surface area (Å²) in [5.74, 6) is 0.964. The van der Waals surface area contributed by atoms with E-state index < -0.39 is 0 Å². The van der Waals surface area contributed by atoms with Crippen LogP contribution in [0.1, 0.15) is 18.2 Å². The molecule has 0 saturated heterocycles. The van der Waals surface area contributed by atoms with Crippen molar-refractivity contribution in [3.8, 4) is 0 Å². The first kappa shape index (κ1) is 14.8. The van der Waals surface area contributed by atoms with Gasteiger partial charge in [-0.1, -0.05) is 41.9 Å². The Morgan fingerprint density at radius 3 is 2.55 bits per heavy atom. The van der Waals surface area contributed by atoms with Crippen molar-refractivity contribution in [2.75, 3.05) is 18.5 Å². The molecule has 3 nitrogen and oxygen atoms in total.